The third-order valence-electron chi connectivity index (χ3n) is 4.85. The van der Waals surface area contributed by atoms with E-state index in [1.54, 1.807) is 12.1 Å². The Balaban J connectivity index is 1.55. The van der Waals surface area contributed by atoms with E-state index in [1.165, 1.54) is 17.4 Å². The van der Waals surface area contributed by atoms with Crippen molar-refractivity contribution in [3.05, 3.63) is 51.2 Å². The number of benzene rings is 1. The van der Waals surface area contributed by atoms with Gasteiger partial charge in [-0.05, 0) is 49.4 Å². The van der Waals surface area contributed by atoms with E-state index in [2.05, 4.69) is 4.98 Å². The molecular weight excluding hydrogens is 327 g/mol. The van der Waals surface area contributed by atoms with Crippen LogP contribution >= 0.6 is 11.3 Å². The normalized spacial score (nSPS) is 23.3. The summed E-state index contributed by atoms with van der Waals surface area (Å²) in [6, 6.07) is 4.75. The lowest BCUT2D eigenvalue weighted by atomic mass is 9.93. The van der Waals surface area contributed by atoms with Gasteiger partial charge in [-0.3, -0.25) is 4.79 Å². The van der Waals surface area contributed by atoms with Crippen molar-refractivity contribution in [2.45, 2.75) is 38.3 Å². The predicted octanol–water partition coefficient (Wildman–Crippen LogP) is 3.89. The zero-order valence-corrected chi connectivity index (χ0v) is 14.3. The highest BCUT2D eigenvalue weighted by Gasteiger charge is 2.30. The topological polar surface area (TPSA) is 42.4 Å². The van der Waals surface area contributed by atoms with Crippen molar-refractivity contribution in [2.24, 2.45) is 0 Å². The van der Waals surface area contributed by atoms with Gasteiger partial charge in [-0.1, -0.05) is 6.07 Å². The Morgan fingerprint density at radius 3 is 3.12 bits per heavy atom. The van der Waals surface area contributed by atoms with E-state index in [1.807, 2.05) is 17.2 Å². The van der Waals surface area contributed by atoms with Gasteiger partial charge in [0.2, 0.25) is 0 Å². The molecule has 2 aliphatic heterocycles. The molecule has 0 spiro atoms. The van der Waals surface area contributed by atoms with Crippen LogP contribution < -0.4 is 0 Å². The summed E-state index contributed by atoms with van der Waals surface area (Å²) < 4.78 is 19.0. The zero-order chi connectivity index (χ0) is 16.7. The molecule has 2 aliphatic rings. The number of amides is 1. The van der Waals surface area contributed by atoms with Gasteiger partial charge < -0.3 is 9.64 Å². The van der Waals surface area contributed by atoms with Crippen molar-refractivity contribution < 1.29 is 13.9 Å². The number of carbonyl (C=O) groups excluding carboxylic acids is 1. The van der Waals surface area contributed by atoms with Crippen molar-refractivity contribution in [1.29, 1.82) is 0 Å². The molecular formula is C18H19FN2O2S. The van der Waals surface area contributed by atoms with E-state index in [9.17, 15) is 9.18 Å². The molecule has 6 heteroatoms. The first-order chi connectivity index (χ1) is 11.6. The van der Waals surface area contributed by atoms with Gasteiger partial charge in [0.05, 0.1) is 6.04 Å². The lowest BCUT2D eigenvalue weighted by molar-refractivity contribution is 0.0670. The van der Waals surface area contributed by atoms with Crippen LogP contribution in [-0.4, -0.2) is 28.9 Å². The van der Waals surface area contributed by atoms with E-state index < -0.39 is 0 Å². The number of thiazole rings is 1. The molecule has 3 heterocycles. The molecule has 0 N–H and O–H groups in total. The Labute approximate surface area is 144 Å². The van der Waals surface area contributed by atoms with Crippen molar-refractivity contribution >= 4 is 17.2 Å². The van der Waals surface area contributed by atoms with Crippen LogP contribution in [0.3, 0.4) is 0 Å². The summed E-state index contributed by atoms with van der Waals surface area (Å²) in [4.78, 5) is 19.2. The van der Waals surface area contributed by atoms with E-state index in [-0.39, 0.29) is 23.9 Å². The monoisotopic (exact) mass is 346 g/mol. The molecule has 0 unspecified atom stereocenters. The Hall–Kier alpha value is -1.79. The van der Waals surface area contributed by atoms with E-state index >= 15 is 0 Å². The maximum Gasteiger partial charge on any atom is 0.273 e. The maximum atomic E-state index is 13.4. The largest absolute Gasteiger partial charge is 0.371 e. The van der Waals surface area contributed by atoms with Gasteiger partial charge >= 0.3 is 0 Å². The van der Waals surface area contributed by atoms with Crippen molar-refractivity contribution in [2.75, 3.05) is 13.2 Å². The molecule has 0 saturated carbocycles. The first kappa shape index (κ1) is 15.7. The maximum absolute atomic E-state index is 13.4. The van der Waals surface area contributed by atoms with Crippen LogP contribution in [-0.2, 0) is 11.2 Å². The van der Waals surface area contributed by atoms with Crippen molar-refractivity contribution in [1.82, 2.24) is 9.88 Å². The number of ether oxygens (including phenoxy) is 1. The molecule has 1 amide bonds. The minimum Gasteiger partial charge on any atom is -0.371 e. The molecule has 2 atom stereocenters. The second kappa shape index (κ2) is 6.26. The summed E-state index contributed by atoms with van der Waals surface area (Å²) in [5.41, 5.74) is 2.50. The second-order valence-corrected chi connectivity index (χ2v) is 7.23. The van der Waals surface area contributed by atoms with Gasteiger partial charge in [-0.15, -0.1) is 11.3 Å². The standard InChI is InChI=1S/C18H19FN2O2S/c1-11-14-5-4-13(19)9-12(14)6-7-21(11)18(22)15-10-24-17(20-15)16-3-2-8-23-16/h4-5,9-11,16H,2-3,6-8H2,1H3/t11-,16-/m0/s1. The van der Waals surface area contributed by atoms with Crippen molar-refractivity contribution in [3.63, 3.8) is 0 Å². The van der Waals surface area contributed by atoms with Crippen LogP contribution in [0, 0.1) is 5.82 Å². The Morgan fingerprint density at radius 2 is 2.33 bits per heavy atom. The lowest BCUT2D eigenvalue weighted by Gasteiger charge is -2.34. The summed E-state index contributed by atoms with van der Waals surface area (Å²) >= 11 is 1.49. The van der Waals surface area contributed by atoms with E-state index in [0.29, 0.717) is 18.7 Å². The summed E-state index contributed by atoms with van der Waals surface area (Å²) in [5.74, 6) is -0.278. The second-order valence-electron chi connectivity index (χ2n) is 6.34. The quantitative estimate of drug-likeness (QED) is 0.828. The van der Waals surface area contributed by atoms with Crippen molar-refractivity contribution in [3.8, 4) is 0 Å². The van der Waals surface area contributed by atoms with E-state index in [4.69, 9.17) is 4.74 Å². The van der Waals surface area contributed by atoms with Crippen LogP contribution in [0.5, 0.6) is 0 Å². The number of fused-ring (bicyclic) bond motifs is 1. The SMILES string of the molecule is C[C@H]1c2ccc(F)cc2CCN1C(=O)c1csc([C@@H]2CCCO2)n1. The van der Waals surface area contributed by atoms with E-state index in [0.717, 1.165) is 35.6 Å². The smallest absolute Gasteiger partial charge is 0.273 e. The number of halogens is 1. The molecule has 1 aromatic carbocycles. The van der Waals surface area contributed by atoms with Gasteiger partial charge in [0.15, 0.2) is 0 Å². The predicted molar refractivity (Wildman–Crippen MR) is 89.6 cm³/mol. The molecule has 4 nitrogen and oxygen atoms in total. The van der Waals surface area contributed by atoms with Gasteiger partial charge in [0.25, 0.3) is 5.91 Å². The molecule has 0 aliphatic carbocycles. The molecule has 0 radical (unpaired) electrons. The third-order valence-corrected chi connectivity index (χ3v) is 5.79. The Bertz CT molecular complexity index is 770. The molecule has 1 saturated heterocycles. The van der Waals surface area contributed by atoms with Gasteiger partial charge in [-0.2, -0.15) is 0 Å². The summed E-state index contributed by atoms with van der Waals surface area (Å²) in [6.07, 6.45) is 2.73. The lowest BCUT2D eigenvalue weighted by Crippen LogP contribution is -2.39. The minimum atomic E-state index is -0.221. The highest BCUT2D eigenvalue weighted by Crippen LogP contribution is 2.33. The Morgan fingerprint density at radius 1 is 1.46 bits per heavy atom. The van der Waals surface area contributed by atoms with Gasteiger partial charge in [-0.25, -0.2) is 9.37 Å². The summed E-state index contributed by atoms with van der Waals surface area (Å²) in [6.45, 7) is 3.34. The van der Waals surface area contributed by atoms with Crippen LogP contribution in [0.1, 0.15) is 58.5 Å². The molecule has 2 aromatic rings. The fourth-order valence-electron chi connectivity index (χ4n) is 3.53. The molecule has 0 bridgehead atoms. The number of nitrogens with zero attached hydrogens (tertiary/aromatic N) is 2. The molecule has 1 aromatic heterocycles. The first-order valence-electron chi connectivity index (χ1n) is 8.30. The highest BCUT2D eigenvalue weighted by molar-refractivity contribution is 7.09. The molecule has 126 valence electrons. The fourth-order valence-corrected chi connectivity index (χ4v) is 4.41. The summed E-state index contributed by atoms with van der Waals surface area (Å²) in [5, 5.41) is 2.72. The minimum absolute atomic E-state index is 0.0408. The average molecular weight is 346 g/mol. The molecule has 4 rings (SSSR count). The molecule has 24 heavy (non-hydrogen) atoms. The highest BCUT2D eigenvalue weighted by atomic mass is 32.1. The third kappa shape index (κ3) is 2.74. The fraction of sp³-hybridized carbons (Fsp3) is 0.444. The zero-order valence-electron chi connectivity index (χ0n) is 13.5. The number of hydrogen-bond donors (Lipinski definition) is 0. The van der Waals surface area contributed by atoms with Crippen LogP contribution in [0.4, 0.5) is 4.39 Å². The van der Waals surface area contributed by atoms with Gasteiger partial charge in [0, 0.05) is 18.5 Å². The number of rotatable bonds is 2. The summed E-state index contributed by atoms with van der Waals surface area (Å²) in [7, 11) is 0. The number of hydrogen-bond acceptors (Lipinski definition) is 4. The molecule has 1 fully saturated rings. The van der Waals surface area contributed by atoms with Crippen LogP contribution in [0.15, 0.2) is 23.6 Å². The van der Waals surface area contributed by atoms with Crippen LogP contribution in [0.25, 0.3) is 0 Å². The number of aromatic nitrogens is 1. The first-order valence-corrected chi connectivity index (χ1v) is 9.18. The Kier molecular flexibility index (Phi) is 4.10. The van der Waals surface area contributed by atoms with Gasteiger partial charge in [0.1, 0.15) is 22.6 Å². The number of carbonyl (C=O) groups is 1. The van der Waals surface area contributed by atoms with Crippen LogP contribution in [0.2, 0.25) is 0 Å². The average Bonchev–Trinajstić information content (AvgIpc) is 3.26.